The van der Waals surface area contributed by atoms with E-state index in [4.69, 9.17) is 4.43 Å². The summed E-state index contributed by atoms with van der Waals surface area (Å²) >= 11 is 3.50. The number of hydrogen-bond acceptors (Lipinski definition) is 1. The van der Waals surface area contributed by atoms with E-state index in [1.807, 2.05) is 0 Å². The van der Waals surface area contributed by atoms with E-state index in [9.17, 15) is 0 Å². The lowest BCUT2D eigenvalue weighted by Gasteiger charge is -2.40. The summed E-state index contributed by atoms with van der Waals surface area (Å²) in [4.78, 5) is 0. The molecule has 0 radical (unpaired) electrons. The van der Waals surface area contributed by atoms with Crippen LogP contribution in [0, 0.1) is 5.92 Å². The molecule has 2 atom stereocenters. The van der Waals surface area contributed by atoms with Crippen LogP contribution in [0.25, 0.3) is 0 Å². The van der Waals surface area contributed by atoms with Crippen LogP contribution in [0.3, 0.4) is 0 Å². The third-order valence-corrected chi connectivity index (χ3v) is 9.90. The van der Waals surface area contributed by atoms with Gasteiger partial charge >= 0.3 is 0 Å². The van der Waals surface area contributed by atoms with Gasteiger partial charge in [0.25, 0.3) is 0 Å². The van der Waals surface area contributed by atoms with E-state index in [-0.39, 0.29) is 5.04 Å². The van der Waals surface area contributed by atoms with Crippen LogP contribution in [0.15, 0.2) is 40.9 Å². The van der Waals surface area contributed by atoms with Crippen molar-refractivity contribution in [1.82, 2.24) is 0 Å². The molecule has 0 saturated carbocycles. The van der Waals surface area contributed by atoms with Gasteiger partial charge in [-0.1, -0.05) is 61.0 Å². The first-order valence-electron chi connectivity index (χ1n) is 7.78. The Labute approximate surface area is 139 Å². The molecule has 1 nitrogen and oxygen atoms in total. The van der Waals surface area contributed by atoms with Crippen LogP contribution in [-0.2, 0) is 10.8 Å². The van der Waals surface area contributed by atoms with Crippen LogP contribution in [-0.4, -0.2) is 14.4 Å². The molecule has 1 aliphatic carbocycles. The van der Waals surface area contributed by atoms with Crippen LogP contribution >= 0.6 is 15.9 Å². The quantitative estimate of drug-likeness (QED) is 0.471. The molecule has 1 aromatic rings. The van der Waals surface area contributed by atoms with Crippen molar-refractivity contribution in [1.29, 1.82) is 0 Å². The highest BCUT2D eigenvalue weighted by Gasteiger charge is 2.40. The van der Waals surface area contributed by atoms with Crippen molar-refractivity contribution in [2.24, 2.45) is 5.92 Å². The minimum absolute atomic E-state index is 0.276. The molecule has 0 unspecified atom stereocenters. The maximum absolute atomic E-state index is 6.64. The standard InChI is InChI=1S/C18H27BrOSi/c1-18(2,3)21(4,5)20-17-8-6-7-15(17)13-14-9-11-16(19)12-10-14/h6-7,9-12,15,17H,8,13H2,1-5H3/t15-,17+/m1/s1. The molecule has 1 aliphatic rings. The smallest absolute Gasteiger partial charge is 0.192 e. The van der Waals surface area contributed by atoms with Crippen LogP contribution < -0.4 is 0 Å². The van der Waals surface area contributed by atoms with E-state index in [2.05, 4.69) is 86.2 Å². The molecule has 0 bridgehead atoms. The third kappa shape index (κ3) is 4.30. The van der Waals surface area contributed by atoms with Gasteiger partial charge in [-0.25, -0.2) is 0 Å². The molecule has 0 heterocycles. The monoisotopic (exact) mass is 366 g/mol. The van der Waals surface area contributed by atoms with Crippen molar-refractivity contribution in [2.75, 3.05) is 0 Å². The lowest BCUT2D eigenvalue weighted by Crippen LogP contribution is -2.45. The lowest BCUT2D eigenvalue weighted by molar-refractivity contribution is 0.150. The zero-order chi connectivity index (χ0) is 15.7. The summed E-state index contributed by atoms with van der Waals surface area (Å²) in [6.45, 7) is 11.6. The Morgan fingerprint density at radius 2 is 1.81 bits per heavy atom. The normalized spacial score (nSPS) is 22.8. The predicted molar refractivity (Wildman–Crippen MR) is 97.2 cm³/mol. The molecule has 1 aromatic carbocycles. The Kier molecular flexibility index (Phi) is 5.17. The van der Waals surface area contributed by atoms with Crippen LogP contribution in [0.5, 0.6) is 0 Å². The second-order valence-corrected chi connectivity index (χ2v) is 13.2. The fraction of sp³-hybridized carbons (Fsp3) is 0.556. The maximum Gasteiger partial charge on any atom is 0.192 e. The summed E-state index contributed by atoms with van der Waals surface area (Å²) in [6.07, 6.45) is 7.13. The molecule has 0 aromatic heterocycles. The molecule has 0 spiro atoms. The van der Waals surface area contributed by atoms with Crippen molar-refractivity contribution in [3.05, 3.63) is 46.5 Å². The summed E-state index contributed by atoms with van der Waals surface area (Å²) in [5.41, 5.74) is 1.39. The van der Waals surface area contributed by atoms with Gasteiger partial charge in [0.05, 0.1) is 6.10 Å². The fourth-order valence-electron chi connectivity index (χ4n) is 2.47. The average molecular weight is 367 g/mol. The van der Waals surface area contributed by atoms with Gasteiger partial charge < -0.3 is 4.43 Å². The highest BCUT2D eigenvalue weighted by molar-refractivity contribution is 9.10. The largest absolute Gasteiger partial charge is 0.413 e. The minimum atomic E-state index is -1.69. The molecule has 0 aliphatic heterocycles. The Morgan fingerprint density at radius 1 is 1.19 bits per heavy atom. The van der Waals surface area contributed by atoms with Crippen molar-refractivity contribution in [2.45, 2.75) is 57.8 Å². The molecule has 0 N–H and O–H groups in total. The van der Waals surface area contributed by atoms with Gasteiger partial charge in [-0.15, -0.1) is 0 Å². The van der Waals surface area contributed by atoms with E-state index in [1.165, 1.54) is 5.56 Å². The highest BCUT2D eigenvalue weighted by Crippen LogP contribution is 2.40. The maximum atomic E-state index is 6.64. The van der Waals surface area contributed by atoms with E-state index in [0.717, 1.165) is 17.3 Å². The van der Waals surface area contributed by atoms with Gasteiger partial charge in [-0.2, -0.15) is 0 Å². The summed E-state index contributed by atoms with van der Waals surface area (Å²) in [5, 5.41) is 0.276. The molecule has 0 saturated heterocycles. The molecule has 0 fully saturated rings. The van der Waals surface area contributed by atoms with E-state index < -0.39 is 8.32 Å². The highest BCUT2D eigenvalue weighted by atomic mass is 79.9. The van der Waals surface area contributed by atoms with Crippen molar-refractivity contribution in [3.63, 3.8) is 0 Å². The Morgan fingerprint density at radius 3 is 2.38 bits per heavy atom. The van der Waals surface area contributed by atoms with Gasteiger partial charge in [0.2, 0.25) is 0 Å². The first-order valence-corrected chi connectivity index (χ1v) is 11.5. The number of benzene rings is 1. The number of hydrogen-bond donors (Lipinski definition) is 0. The second-order valence-electron chi connectivity index (χ2n) is 7.57. The van der Waals surface area contributed by atoms with Crippen LogP contribution in [0.4, 0.5) is 0 Å². The molecule has 116 valence electrons. The SMILES string of the molecule is CC(C)(C)[Si](C)(C)O[C@H]1CC=C[C@@H]1Cc1ccc(Br)cc1. The molecule has 0 amide bonds. The lowest BCUT2D eigenvalue weighted by atomic mass is 9.97. The molecular weight excluding hydrogens is 340 g/mol. The van der Waals surface area contributed by atoms with Gasteiger partial charge in [-0.3, -0.25) is 0 Å². The summed E-state index contributed by atoms with van der Waals surface area (Å²) in [5.74, 6) is 0.514. The number of rotatable bonds is 4. The first-order chi connectivity index (χ1) is 9.69. The van der Waals surface area contributed by atoms with Crippen LogP contribution in [0.1, 0.15) is 32.8 Å². The van der Waals surface area contributed by atoms with Crippen molar-refractivity contribution in [3.8, 4) is 0 Å². The number of halogens is 1. The third-order valence-electron chi connectivity index (χ3n) is 4.87. The second kappa shape index (κ2) is 6.39. The Bertz CT molecular complexity index is 499. The zero-order valence-electron chi connectivity index (χ0n) is 13.8. The summed E-state index contributed by atoms with van der Waals surface area (Å²) in [7, 11) is -1.69. The molecule has 3 heteroatoms. The molecular formula is C18H27BrOSi. The van der Waals surface area contributed by atoms with E-state index in [1.54, 1.807) is 0 Å². The van der Waals surface area contributed by atoms with Crippen molar-refractivity contribution >= 4 is 24.2 Å². The zero-order valence-corrected chi connectivity index (χ0v) is 16.4. The van der Waals surface area contributed by atoms with Gasteiger partial charge in [0.15, 0.2) is 8.32 Å². The Hall–Kier alpha value is -0.383. The Balaban J connectivity index is 2.03. The minimum Gasteiger partial charge on any atom is -0.413 e. The molecule has 21 heavy (non-hydrogen) atoms. The summed E-state index contributed by atoms with van der Waals surface area (Å²) in [6, 6.07) is 8.66. The van der Waals surface area contributed by atoms with Gasteiger partial charge in [0.1, 0.15) is 0 Å². The van der Waals surface area contributed by atoms with Crippen LogP contribution in [0.2, 0.25) is 18.1 Å². The average Bonchev–Trinajstić information content (AvgIpc) is 2.77. The van der Waals surface area contributed by atoms with Gasteiger partial charge in [-0.05, 0) is 48.7 Å². The first kappa shape index (κ1) is 17.0. The van der Waals surface area contributed by atoms with E-state index in [0.29, 0.717) is 12.0 Å². The fourth-order valence-corrected chi connectivity index (χ4v) is 4.11. The summed E-state index contributed by atoms with van der Waals surface area (Å²) < 4.78 is 7.78. The van der Waals surface area contributed by atoms with Crippen molar-refractivity contribution < 1.29 is 4.43 Å². The molecule has 2 rings (SSSR count). The predicted octanol–water partition coefficient (Wildman–Crippen LogP) is 5.96. The van der Waals surface area contributed by atoms with Gasteiger partial charge in [0, 0.05) is 10.4 Å². The topological polar surface area (TPSA) is 9.23 Å². The van der Waals surface area contributed by atoms with E-state index >= 15 is 0 Å².